The van der Waals surface area contributed by atoms with E-state index >= 15 is 0 Å². The van der Waals surface area contributed by atoms with E-state index in [9.17, 15) is 14.7 Å². The first-order valence-electron chi connectivity index (χ1n) is 8.80. The molecule has 2 rings (SSSR count). The van der Waals surface area contributed by atoms with E-state index in [1.165, 1.54) is 11.1 Å². The number of aliphatic carboxylic acids is 1. The first-order chi connectivity index (χ1) is 11.5. The van der Waals surface area contributed by atoms with Gasteiger partial charge in [0, 0.05) is 13.1 Å². The van der Waals surface area contributed by atoms with Crippen molar-refractivity contribution < 1.29 is 19.4 Å². The number of benzene rings is 1. The third-order valence-corrected chi connectivity index (χ3v) is 4.45. The van der Waals surface area contributed by atoms with Crippen LogP contribution in [0.1, 0.15) is 51.3 Å². The highest BCUT2D eigenvalue weighted by Crippen LogP contribution is 2.25. The van der Waals surface area contributed by atoms with E-state index in [-0.39, 0.29) is 6.09 Å². The number of carboxylic acid groups (broad SMARTS) is 1. The molecule has 0 radical (unpaired) electrons. The zero-order chi connectivity index (χ0) is 18.8. The van der Waals surface area contributed by atoms with Crippen molar-refractivity contribution >= 4 is 12.1 Å². The molecule has 5 nitrogen and oxygen atoms in total. The van der Waals surface area contributed by atoms with Crippen LogP contribution in [0.3, 0.4) is 0 Å². The van der Waals surface area contributed by atoms with Gasteiger partial charge in [-0.3, -0.25) is 4.79 Å². The maximum atomic E-state index is 12.3. The molecule has 138 valence electrons. The Kier molecular flexibility index (Phi) is 5.45. The van der Waals surface area contributed by atoms with Gasteiger partial charge in [-0.15, -0.1) is 0 Å². The number of rotatable bonds is 3. The minimum Gasteiger partial charge on any atom is -0.481 e. The highest BCUT2D eigenvalue weighted by Gasteiger charge is 2.28. The van der Waals surface area contributed by atoms with Gasteiger partial charge in [0.15, 0.2) is 0 Å². The van der Waals surface area contributed by atoms with E-state index in [0.29, 0.717) is 19.5 Å². The van der Waals surface area contributed by atoms with Gasteiger partial charge in [0.1, 0.15) is 5.60 Å². The van der Waals surface area contributed by atoms with E-state index < -0.39 is 17.0 Å². The third kappa shape index (κ3) is 5.21. The molecule has 0 spiro atoms. The largest absolute Gasteiger partial charge is 0.481 e. The minimum atomic E-state index is -0.793. The predicted octanol–water partition coefficient (Wildman–Crippen LogP) is 3.68. The molecule has 1 aliphatic rings. The van der Waals surface area contributed by atoms with E-state index in [1.54, 1.807) is 18.7 Å². The second kappa shape index (κ2) is 7.06. The number of amides is 1. The van der Waals surface area contributed by atoms with Crippen LogP contribution in [0.25, 0.3) is 0 Å². The van der Waals surface area contributed by atoms with Crippen molar-refractivity contribution in [1.29, 1.82) is 0 Å². The first kappa shape index (κ1) is 19.3. The van der Waals surface area contributed by atoms with Crippen LogP contribution in [0.5, 0.6) is 0 Å². The summed E-state index contributed by atoms with van der Waals surface area (Å²) in [7, 11) is 0. The Balaban J connectivity index is 2.09. The fourth-order valence-electron chi connectivity index (χ4n) is 2.98. The first-order valence-corrected chi connectivity index (χ1v) is 8.80. The van der Waals surface area contributed by atoms with Crippen LogP contribution >= 0.6 is 0 Å². The van der Waals surface area contributed by atoms with Gasteiger partial charge in [-0.25, -0.2) is 4.79 Å². The van der Waals surface area contributed by atoms with Crippen molar-refractivity contribution in [2.24, 2.45) is 5.41 Å². The summed E-state index contributed by atoms with van der Waals surface area (Å²) in [6.45, 7) is 10.3. The van der Waals surface area contributed by atoms with Crippen LogP contribution in [-0.4, -0.2) is 40.8 Å². The fraction of sp³-hybridized carbons (Fsp3) is 0.600. The zero-order valence-corrected chi connectivity index (χ0v) is 15.9. The Morgan fingerprint density at radius 1 is 1.08 bits per heavy atom. The number of fused-ring (bicyclic) bond motifs is 1. The van der Waals surface area contributed by atoms with Gasteiger partial charge < -0.3 is 14.7 Å². The van der Waals surface area contributed by atoms with Crippen LogP contribution in [0.2, 0.25) is 0 Å². The summed E-state index contributed by atoms with van der Waals surface area (Å²) in [4.78, 5) is 25.4. The Bertz CT molecular complexity index is 658. The Hall–Kier alpha value is -2.04. The molecule has 0 atom stereocenters. The van der Waals surface area contributed by atoms with Crippen molar-refractivity contribution in [2.75, 3.05) is 13.1 Å². The lowest BCUT2D eigenvalue weighted by atomic mass is 9.85. The average molecular weight is 347 g/mol. The smallest absolute Gasteiger partial charge is 0.410 e. The van der Waals surface area contributed by atoms with Crippen LogP contribution in [-0.2, 0) is 28.8 Å². The molecule has 0 aliphatic carbocycles. The van der Waals surface area contributed by atoms with Crippen molar-refractivity contribution in [3.63, 3.8) is 0 Å². The van der Waals surface area contributed by atoms with Crippen LogP contribution in [0.4, 0.5) is 4.79 Å². The number of nitrogens with zero attached hydrogens (tertiary/aromatic N) is 1. The topological polar surface area (TPSA) is 66.8 Å². The third-order valence-electron chi connectivity index (χ3n) is 4.45. The number of ether oxygens (including phenoxy) is 1. The Morgan fingerprint density at radius 3 is 2.24 bits per heavy atom. The normalized spacial score (nSPS) is 15.3. The molecule has 0 bridgehead atoms. The zero-order valence-electron chi connectivity index (χ0n) is 15.9. The summed E-state index contributed by atoms with van der Waals surface area (Å²) in [5, 5.41) is 9.32. The SMILES string of the molecule is CC(C)(C)OC(=O)N1CCc2ccc(CC(C)(C)C(=O)O)cc2CC1. The Labute approximate surface area is 150 Å². The number of carbonyl (C=O) groups is 2. The molecule has 1 aromatic carbocycles. The van der Waals surface area contributed by atoms with Crippen molar-refractivity contribution in [3.05, 3.63) is 34.9 Å². The van der Waals surface area contributed by atoms with Crippen LogP contribution in [0.15, 0.2) is 18.2 Å². The maximum Gasteiger partial charge on any atom is 0.410 e. The highest BCUT2D eigenvalue weighted by molar-refractivity contribution is 5.74. The van der Waals surface area contributed by atoms with Gasteiger partial charge in [-0.05, 0) is 70.6 Å². The average Bonchev–Trinajstić information content (AvgIpc) is 2.67. The van der Waals surface area contributed by atoms with Crippen LogP contribution < -0.4 is 0 Å². The summed E-state index contributed by atoms with van der Waals surface area (Å²) in [5.74, 6) is -0.793. The lowest BCUT2D eigenvalue weighted by molar-refractivity contribution is -0.146. The highest BCUT2D eigenvalue weighted by atomic mass is 16.6. The van der Waals surface area contributed by atoms with Gasteiger partial charge in [0.05, 0.1) is 5.41 Å². The van der Waals surface area contributed by atoms with Crippen molar-refractivity contribution in [3.8, 4) is 0 Å². The molecule has 0 fully saturated rings. The quantitative estimate of drug-likeness (QED) is 0.906. The summed E-state index contributed by atoms with van der Waals surface area (Å²) < 4.78 is 5.47. The van der Waals surface area contributed by atoms with Crippen LogP contribution in [0, 0.1) is 5.41 Å². The standard InChI is InChI=1S/C20H29NO4/c1-19(2,3)25-18(24)21-10-8-15-7-6-14(12-16(15)9-11-21)13-20(4,5)17(22)23/h6-7,12H,8-11,13H2,1-5H3,(H,22,23). The van der Waals surface area contributed by atoms with E-state index in [4.69, 9.17) is 4.74 Å². The molecule has 0 unspecified atom stereocenters. The second-order valence-electron chi connectivity index (χ2n) is 8.44. The maximum absolute atomic E-state index is 12.3. The van der Waals surface area contributed by atoms with Crippen molar-refractivity contribution in [1.82, 2.24) is 4.90 Å². The van der Waals surface area contributed by atoms with E-state index in [1.807, 2.05) is 26.8 Å². The summed E-state index contributed by atoms with van der Waals surface area (Å²) in [5.41, 5.74) is 2.16. The van der Waals surface area contributed by atoms with Gasteiger partial charge in [-0.1, -0.05) is 18.2 Å². The minimum absolute atomic E-state index is 0.271. The number of hydrogen-bond acceptors (Lipinski definition) is 3. The Morgan fingerprint density at radius 2 is 1.68 bits per heavy atom. The summed E-state index contributed by atoms with van der Waals surface area (Å²) in [6, 6.07) is 6.17. The van der Waals surface area contributed by atoms with E-state index in [2.05, 4.69) is 12.1 Å². The lowest BCUT2D eigenvalue weighted by Gasteiger charge is -2.26. The summed E-state index contributed by atoms with van der Waals surface area (Å²) >= 11 is 0. The molecular formula is C20H29NO4. The molecule has 1 heterocycles. The number of carbonyl (C=O) groups excluding carboxylic acids is 1. The summed E-state index contributed by atoms with van der Waals surface area (Å²) in [6.07, 6.45) is 1.77. The van der Waals surface area contributed by atoms with Gasteiger partial charge in [0.25, 0.3) is 0 Å². The second-order valence-corrected chi connectivity index (χ2v) is 8.44. The molecule has 0 aromatic heterocycles. The molecule has 1 amide bonds. The monoisotopic (exact) mass is 347 g/mol. The molecule has 1 aliphatic heterocycles. The van der Waals surface area contributed by atoms with Crippen molar-refractivity contribution in [2.45, 2.75) is 59.5 Å². The molecule has 5 heteroatoms. The van der Waals surface area contributed by atoms with E-state index in [0.717, 1.165) is 18.4 Å². The molecule has 1 aromatic rings. The number of carboxylic acids is 1. The molecule has 25 heavy (non-hydrogen) atoms. The van der Waals surface area contributed by atoms with Gasteiger partial charge in [-0.2, -0.15) is 0 Å². The lowest BCUT2D eigenvalue weighted by Crippen LogP contribution is -2.38. The molecular weight excluding hydrogens is 318 g/mol. The number of hydrogen-bond donors (Lipinski definition) is 1. The fourth-order valence-corrected chi connectivity index (χ4v) is 2.98. The van der Waals surface area contributed by atoms with Gasteiger partial charge in [0.2, 0.25) is 0 Å². The molecule has 0 saturated carbocycles. The molecule has 0 saturated heterocycles. The predicted molar refractivity (Wildman–Crippen MR) is 96.8 cm³/mol. The molecule has 1 N–H and O–H groups in total. The van der Waals surface area contributed by atoms with Gasteiger partial charge >= 0.3 is 12.1 Å².